The highest BCUT2D eigenvalue weighted by atomic mass is 16.4. The van der Waals surface area contributed by atoms with Crippen LogP contribution in [-0.4, -0.2) is 78.8 Å². The molecule has 0 radical (unpaired) electrons. The van der Waals surface area contributed by atoms with E-state index in [9.17, 15) is 14.7 Å². The molecule has 32 heavy (non-hydrogen) atoms. The van der Waals surface area contributed by atoms with Gasteiger partial charge in [0.1, 0.15) is 11.4 Å². The number of carboxylic acid groups (broad SMARTS) is 1. The Bertz CT molecular complexity index is 1150. The van der Waals surface area contributed by atoms with Crippen molar-refractivity contribution in [3.63, 3.8) is 0 Å². The molecule has 2 aromatic carbocycles. The van der Waals surface area contributed by atoms with Crippen LogP contribution >= 0.6 is 0 Å². The number of carboxylic acids is 1. The van der Waals surface area contributed by atoms with Crippen LogP contribution in [0.1, 0.15) is 20.7 Å². The Kier molecular flexibility index (Phi) is 5.55. The zero-order valence-electron chi connectivity index (χ0n) is 17.9. The molecule has 166 valence electrons. The molecule has 0 aliphatic carbocycles. The van der Waals surface area contributed by atoms with Crippen LogP contribution in [0.2, 0.25) is 0 Å². The quantitative estimate of drug-likeness (QED) is 0.581. The van der Waals surface area contributed by atoms with E-state index in [2.05, 4.69) is 15.5 Å². The van der Waals surface area contributed by atoms with Crippen LogP contribution in [-0.2, 0) is 0 Å². The van der Waals surface area contributed by atoms with Gasteiger partial charge in [0.15, 0.2) is 0 Å². The van der Waals surface area contributed by atoms with Gasteiger partial charge in [-0.15, -0.1) is 0 Å². The Balaban J connectivity index is 1.79. The first-order valence-corrected chi connectivity index (χ1v) is 11.1. The van der Waals surface area contributed by atoms with Crippen molar-refractivity contribution in [2.45, 2.75) is 0 Å². The van der Waals surface area contributed by atoms with Crippen molar-refractivity contribution in [2.24, 2.45) is 0 Å². The predicted molar refractivity (Wildman–Crippen MR) is 124 cm³/mol. The molecule has 0 unspecified atom stereocenters. The molecule has 8 nitrogen and oxygen atoms in total. The fraction of sp³-hybridized carbons (Fsp3) is 0.333. The molecule has 0 saturated carbocycles. The first-order valence-electron chi connectivity index (χ1n) is 11.1. The molecule has 0 atom stereocenters. The monoisotopic (exact) mass is 433 g/mol. The minimum absolute atomic E-state index is 0.114. The molecule has 1 aromatic heterocycles. The van der Waals surface area contributed by atoms with Gasteiger partial charge in [-0.05, 0) is 24.3 Å². The van der Waals surface area contributed by atoms with E-state index in [1.807, 2.05) is 47.0 Å². The summed E-state index contributed by atoms with van der Waals surface area (Å²) < 4.78 is 2.00. The summed E-state index contributed by atoms with van der Waals surface area (Å²) in [5.41, 5.74) is 2.27. The number of benzene rings is 2. The summed E-state index contributed by atoms with van der Waals surface area (Å²) in [7, 11) is 0. The van der Waals surface area contributed by atoms with E-state index in [4.69, 9.17) is 0 Å². The molecule has 0 spiro atoms. The number of aromatic nitrogens is 1. The number of rotatable bonds is 4. The van der Waals surface area contributed by atoms with Crippen LogP contribution < -0.4 is 15.5 Å². The third-order valence-electron chi connectivity index (χ3n) is 6.25. The lowest BCUT2D eigenvalue weighted by atomic mass is 10.0. The number of nitrogens with zero attached hydrogens (tertiary/aromatic N) is 3. The van der Waals surface area contributed by atoms with Gasteiger partial charge in [0.05, 0.1) is 5.52 Å². The van der Waals surface area contributed by atoms with E-state index in [0.717, 1.165) is 37.4 Å². The minimum atomic E-state index is -1.02. The number of nitrogens with one attached hydrogen (secondary N) is 2. The van der Waals surface area contributed by atoms with E-state index in [1.54, 1.807) is 11.0 Å². The lowest BCUT2D eigenvalue weighted by Gasteiger charge is -2.31. The van der Waals surface area contributed by atoms with Crippen LogP contribution in [0.3, 0.4) is 0 Å². The highest BCUT2D eigenvalue weighted by molar-refractivity contribution is 6.17. The van der Waals surface area contributed by atoms with Gasteiger partial charge in [-0.1, -0.05) is 24.3 Å². The van der Waals surface area contributed by atoms with Gasteiger partial charge >= 0.3 is 5.97 Å². The van der Waals surface area contributed by atoms with Crippen molar-refractivity contribution in [1.82, 2.24) is 20.1 Å². The largest absolute Gasteiger partial charge is 0.478 e. The number of amides is 1. The Hall–Kier alpha value is -3.36. The second-order valence-electron chi connectivity index (χ2n) is 8.15. The second-order valence-corrected chi connectivity index (χ2v) is 8.15. The maximum atomic E-state index is 13.5. The summed E-state index contributed by atoms with van der Waals surface area (Å²) in [5.74, 6) is -0.490. The topological polar surface area (TPSA) is 89.8 Å². The molecule has 2 saturated heterocycles. The van der Waals surface area contributed by atoms with Crippen LogP contribution in [0.15, 0.2) is 48.5 Å². The number of carbonyl (C=O) groups excluding carboxylic acids is 1. The van der Waals surface area contributed by atoms with Gasteiger partial charge in [0.25, 0.3) is 5.91 Å². The number of piperazine rings is 2. The summed E-state index contributed by atoms with van der Waals surface area (Å²) in [6.45, 7) is 5.66. The molecule has 8 heteroatoms. The Morgan fingerprint density at radius 2 is 1.47 bits per heavy atom. The van der Waals surface area contributed by atoms with Gasteiger partial charge in [-0.25, -0.2) is 4.79 Å². The lowest BCUT2D eigenvalue weighted by molar-refractivity contribution is 0.0699. The van der Waals surface area contributed by atoms with Crippen molar-refractivity contribution in [2.75, 3.05) is 57.3 Å². The van der Waals surface area contributed by atoms with E-state index in [1.165, 1.54) is 0 Å². The fourth-order valence-electron chi connectivity index (χ4n) is 4.76. The molecule has 3 N–H and O–H groups in total. The fourth-order valence-corrected chi connectivity index (χ4v) is 4.76. The SMILES string of the molecule is O=C(O)c1c(N2CCNCC2)n(-c2ccccc2)c2cccc(C(=O)N3CCNCC3)c12. The van der Waals surface area contributed by atoms with Crippen LogP contribution in [0.4, 0.5) is 5.82 Å². The number of hydrogen-bond acceptors (Lipinski definition) is 5. The van der Waals surface area contributed by atoms with E-state index < -0.39 is 5.97 Å². The molecule has 5 rings (SSSR count). The smallest absolute Gasteiger partial charge is 0.340 e. The van der Waals surface area contributed by atoms with E-state index >= 15 is 0 Å². The molecule has 3 heterocycles. The van der Waals surface area contributed by atoms with Gasteiger partial charge < -0.3 is 25.5 Å². The van der Waals surface area contributed by atoms with Crippen LogP contribution in [0.25, 0.3) is 16.6 Å². The van der Waals surface area contributed by atoms with Crippen LogP contribution in [0, 0.1) is 0 Å². The number of anilines is 1. The number of hydrogen-bond donors (Lipinski definition) is 3. The molecule has 2 fully saturated rings. The second kappa shape index (κ2) is 8.64. The molecular formula is C24H27N5O3. The first-order chi connectivity index (χ1) is 15.7. The third-order valence-corrected chi connectivity index (χ3v) is 6.25. The number of para-hydroxylation sites is 1. The summed E-state index contributed by atoms with van der Waals surface area (Å²) in [4.78, 5) is 30.1. The van der Waals surface area contributed by atoms with Crippen molar-refractivity contribution in [3.8, 4) is 5.69 Å². The van der Waals surface area contributed by atoms with Crippen molar-refractivity contribution < 1.29 is 14.7 Å². The van der Waals surface area contributed by atoms with Gasteiger partial charge in [0, 0.05) is 69.0 Å². The Labute approximate surface area is 186 Å². The maximum absolute atomic E-state index is 13.5. The normalized spacial score (nSPS) is 17.0. The Morgan fingerprint density at radius 3 is 2.12 bits per heavy atom. The average molecular weight is 434 g/mol. The minimum Gasteiger partial charge on any atom is -0.478 e. The van der Waals surface area contributed by atoms with E-state index in [0.29, 0.717) is 42.9 Å². The number of carbonyl (C=O) groups is 2. The van der Waals surface area contributed by atoms with Gasteiger partial charge in [-0.3, -0.25) is 9.36 Å². The molecule has 1 amide bonds. The summed E-state index contributed by atoms with van der Waals surface area (Å²) >= 11 is 0. The molecule has 2 aliphatic rings. The van der Waals surface area contributed by atoms with Crippen molar-refractivity contribution in [1.29, 1.82) is 0 Å². The molecule has 2 aliphatic heterocycles. The zero-order chi connectivity index (χ0) is 22.1. The summed E-state index contributed by atoms with van der Waals surface area (Å²) in [6, 6.07) is 15.3. The van der Waals surface area contributed by atoms with Gasteiger partial charge in [-0.2, -0.15) is 0 Å². The third kappa shape index (κ3) is 3.51. The maximum Gasteiger partial charge on any atom is 0.340 e. The van der Waals surface area contributed by atoms with Gasteiger partial charge in [0.2, 0.25) is 0 Å². The van der Waals surface area contributed by atoms with E-state index in [-0.39, 0.29) is 11.5 Å². The highest BCUT2D eigenvalue weighted by Gasteiger charge is 2.31. The summed E-state index contributed by atoms with van der Waals surface area (Å²) in [6.07, 6.45) is 0. The van der Waals surface area contributed by atoms with Crippen molar-refractivity contribution in [3.05, 3.63) is 59.7 Å². The Morgan fingerprint density at radius 1 is 0.812 bits per heavy atom. The van der Waals surface area contributed by atoms with Crippen molar-refractivity contribution >= 4 is 28.6 Å². The predicted octanol–water partition coefficient (Wildman–Crippen LogP) is 1.78. The summed E-state index contributed by atoms with van der Waals surface area (Å²) in [5, 5.41) is 17.5. The molecular weight excluding hydrogens is 406 g/mol. The average Bonchev–Trinajstić information content (AvgIpc) is 3.21. The highest BCUT2D eigenvalue weighted by Crippen LogP contribution is 2.38. The number of aromatic carboxylic acids is 1. The first kappa shape index (κ1) is 20.5. The standard InChI is InChI=1S/C24H27N5O3/c30-23(28-15-11-26-12-16-28)18-7-4-8-19-20(18)21(24(31)32)22(27-13-9-25-10-14-27)29(19)17-5-2-1-3-6-17/h1-8,25-26H,9-16H2,(H,31,32). The number of fused-ring (bicyclic) bond motifs is 1. The molecule has 0 bridgehead atoms. The zero-order valence-corrected chi connectivity index (χ0v) is 17.9. The lowest BCUT2D eigenvalue weighted by Crippen LogP contribution is -2.46. The van der Waals surface area contributed by atoms with Crippen LogP contribution in [0.5, 0.6) is 0 Å². The molecule has 3 aromatic rings.